The second-order valence-corrected chi connectivity index (χ2v) is 5.55. The number of fused-ring (bicyclic) bond motifs is 1. The number of aromatic nitrogens is 2. The Balaban J connectivity index is 2.11. The zero-order valence-corrected chi connectivity index (χ0v) is 13.4. The Labute approximate surface area is 130 Å². The predicted octanol–water partition coefficient (Wildman–Crippen LogP) is 2.40. The summed E-state index contributed by atoms with van der Waals surface area (Å²) in [5.41, 5.74) is 1.61. The van der Waals surface area contributed by atoms with Crippen molar-refractivity contribution in [3.05, 3.63) is 40.4 Å². The van der Waals surface area contributed by atoms with Gasteiger partial charge in [0.25, 0.3) is 5.56 Å². The Bertz CT molecular complexity index is 717. The molecule has 5 heteroatoms. The maximum atomic E-state index is 12.4. The molecule has 22 heavy (non-hydrogen) atoms. The van der Waals surface area contributed by atoms with Crippen molar-refractivity contribution in [2.24, 2.45) is 0 Å². The normalized spacial score (nSPS) is 11.1. The fourth-order valence-electron chi connectivity index (χ4n) is 2.51. The number of hydrogen-bond acceptors (Lipinski definition) is 3. The van der Waals surface area contributed by atoms with Gasteiger partial charge in [0.05, 0.1) is 17.2 Å². The van der Waals surface area contributed by atoms with Crippen LogP contribution in [0, 0.1) is 6.92 Å². The molecule has 1 heterocycles. The lowest BCUT2D eigenvalue weighted by Crippen LogP contribution is -2.35. The van der Waals surface area contributed by atoms with Crippen LogP contribution in [0.3, 0.4) is 0 Å². The average molecular weight is 301 g/mol. The van der Waals surface area contributed by atoms with Crippen LogP contribution in [0.1, 0.15) is 38.7 Å². The van der Waals surface area contributed by atoms with Gasteiger partial charge in [0, 0.05) is 19.0 Å². The summed E-state index contributed by atoms with van der Waals surface area (Å²) in [6, 6.07) is 5.77. The van der Waals surface area contributed by atoms with Gasteiger partial charge in [0.1, 0.15) is 0 Å². The predicted molar refractivity (Wildman–Crippen MR) is 87.9 cm³/mol. The molecule has 0 aliphatic carbocycles. The van der Waals surface area contributed by atoms with Crippen LogP contribution in [0.5, 0.6) is 0 Å². The van der Waals surface area contributed by atoms with E-state index >= 15 is 0 Å². The number of hydrogen-bond donors (Lipinski definition) is 1. The average Bonchev–Trinajstić information content (AvgIpc) is 2.52. The molecule has 1 aromatic carbocycles. The molecular formula is C17H23N3O2. The largest absolute Gasteiger partial charge is 0.353 e. The summed E-state index contributed by atoms with van der Waals surface area (Å²) in [4.78, 5) is 28.7. The molecule has 0 aliphatic rings. The van der Waals surface area contributed by atoms with Crippen molar-refractivity contribution in [3.63, 3.8) is 0 Å². The highest BCUT2D eigenvalue weighted by molar-refractivity contribution is 5.80. The SMILES string of the molecule is CCC(CC)NC(=O)CCn1cnc2c(C)cccc2c1=O. The molecule has 0 unspecified atom stereocenters. The Morgan fingerprint density at radius 1 is 1.32 bits per heavy atom. The quantitative estimate of drug-likeness (QED) is 0.891. The molecule has 0 radical (unpaired) electrons. The van der Waals surface area contributed by atoms with Gasteiger partial charge < -0.3 is 5.32 Å². The number of aryl methyl sites for hydroxylation is 2. The molecule has 0 spiro atoms. The van der Waals surface area contributed by atoms with Crippen LogP contribution in [0.2, 0.25) is 0 Å². The van der Waals surface area contributed by atoms with Crippen molar-refractivity contribution in [2.45, 2.75) is 52.6 Å². The van der Waals surface area contributed by atoms with Gasteiger partial charge in [-0.3, -0.25) is 14.2 Å². The first kappa shape index (κ1) is 16.2. The number of nitrogens with one attached hydrogen (secondary N) is 1. The van der Waals surface area contributed by atoms with Crippen LogP contribution >= 0.6 is 0 Å². The number of amides is 1. The van der Waals surface area contributed by atoms with Crippen molar-refractivity contribution in [3.8, 4) is 0 Å². The molecule has 0 saturated carbocycles. The van der Waals surface area contributed by atoms with E-state index < -0.39 is 0 Å². The van der Waals surface area contributed by atoms with E-state index in [-0.39, 0.29) is 23.9 Å². The summed E-state index contributed by atoms with van der Waals surface area (Å²) >= 11 is 0. The van der Waals surface area contributed by atoms with E-state index in [0.717, 1.165) is 23.9 Å². The third kappa shape index (κ3) is 3.53. The van der Waals surface area contributed by atoms with Crippen LogP contribution in [-0.4, -0.2) is 21.5 Å². The highest BCUT2D eigenvalue weighted by atomic mass is 16.2. The fourth-order valence-corrected chi connectivity index (χ4v) is 2.51. The molecule has 2 aromatic rings. The minimum atomic E-state index is -0.0935. The Hall–Kier alpha value is -2.17. The van der Waals surface area contributed by atoms with Crippen molar-refractivity contribution in [1.29, 1.82) is 0 Å². The van der Waals surface area contributed by atoms with Crippen molar-refractivity contribution >= 4 is 16.8 Å². The first-order valence-corrected chi connectivity index (χ1v) is 7.81. The first-order chi connectivity index (χ1) is 10.6. The van der Waals surface area contributed by atoms with Gasteiger partial charge in [-0.05, 0) is 31.4 Å². The zero-order chi connectivity index (χ0) is 16.1. The van der Waals surface area contributed by atoms with E-state index in [4.69, 9.17) is 0 Å². The van der Waals surface area contributed by atoms with E-state index in [2.05, 4.69) is 24.1 Å². The van der Waals surface area contributed by atoms with E-state index in [9.17, 15) is 9.59 Å². The molecule has 0 saturated heterocycles. The summed E-state index contributed by atoms with van der Waals surface area (Å²) in [5.74, 6) is -0.0232. The molecule has 5 nitrogen and oxygen atoms in total. The van der Waals surface area contributed by atoms with Crippen LogP contribution in [-0.2, 0) is 11.3 Å². The highest BCUT2D eigenvalue weighted by Gasteiger charge is 2.10. The standard InChI is InChI=1S/C17H23N3O2/c1-4-13(5-2)19-15(21)9-10-20-11-18-16-12(3)7-6-8-14(16)17(20)22/h6-8,11,13H,4-5,9-10H2,1-3H3,(H,19,21). The minimum absolute atomic E-state index is 0.0232. The number of carbonyl (C=O) groups is 1. The minimum Gasteiger partial charge on any atom is -0.353 e. The highest BCUT2D eigenvalue weighted by Crippen LogP contribution is 2.11. The smallest absolute Gasteiger partial charge is 0.261 e. The molecule has 1 aromatic heterocycles. The summed E-state index contributed by atoms with van der Waals surface area (Å²) < 4.78 is 1.51. The van der Waals surface area contributed by atoms with Gasteiger partial charge in [0.2, 0.25) is 5.91 Å². The maximum absolute atomic E-state index is 12.4. The number of nitrogens with zero attached hydrogens (tertiary/aromatic N) is 2. The fraction of sp³-hybridized carbons (Fsp3) is 0.471. The molecule has 0 atom stereocenters. The summed E-state index contributed by atoms with van der Waals surface area (Å²) in [5, 5.41) is 3.58. The van der Waals surface area contributed by atoms with Crippen molar-refractivity contribution in [2.75, 3.05) is 0 Å². The molecule has 2 rings (SSSR count). The van der Waals surface area contributed by atoms with E-state index in [1.165, 1.54) is 10.9 Å². The zero-order valence-electron chi connectivity index (χ0n) is 13.4. The van der Waals surface area contributed by atoms with Crippen LogP contribution in [0.25, 0.3) is 10.9 Å². The first-order valence-electron chi connectivity index (χ1n) is 7.81. The summed E-state index contributed by atoms with van der Waals surface area (Å²) in [6.07, 6.45) is 3.65. The number of rotatable bonds is 6. The molecule has 118 valence electrons. The van der Waals surface area contributed by atoms with Gasteiger partial charge in [0.15, 0.2) is 0 Å². The molecule has 0 fully saturated rings. The topological polar surface area (TPSA) is 64.0 Å². The van der Waals surface area contributed by atoms with Gasteiger partial charge in [-0.1, -0.05) is 26.0 Å². The number of benzene rings is 1. The molecule has 0 bridgehead atoms. The summed E-state index contributed by atoms with van der Waals surface area (Å²) in [7, 11) is 0. The van der Waals surface area contributed by atoms with Crippen LogP contribution in [0.4, 0.5) is 0 Å². The Morgan fingerprint density at radius 3 is 2.73 bits per heavy atom. The molecule has 1 amide bonds. The third-order valence-corrected chi connectivity index (χ3v) is 3.99. The van der Waals surface area contributed by atoms with Gasteiger partial charge in [-0.2, -0.15) is 0 Å². The monoisotopic (exact) mass is 301 g/mol. The van der Waals surface area contributed by atoms with E-state index in [1.807, 2.05) is 19.1 Å². The van der Waals surface area contributed by atoms with E-state index in [0.29, 0.717) is 11.9 Å². The lowest BCUT2D eigenvalue weighted by Gasteiger charge is -2.15. The second-order valence-electron chi connectivity index (χ2n) is 5.55. The molecular weight excluding hydrogens is 278 g/mol. The van der Waals surface area contributed by atoms with Gasteiger partial charge >= 0.3 is 0 Å². The Morgan fingerprint density at radius 2 is 2.05 bits per heavy atom. The van der Waals surface area contributed by atoms with Gasteiger partial charge in [-0.25, -0.2) is 4.98 Å². The maximum Gasteiger partial charge on any atom is 0.261 e. The number of carbonyl (C=O) groups excluding carboxylic acids is 1. The molecule has 1 N–H and O–H groups in total. The number of para-hydroxylation sites is 1. The Kier molecular flexibility index (Phi) is 5.31. The second kappa shape index (κ2) is 7.20. The van der Waals surface area contributed by atoms with E-state index in [1.54, 1.807) is 6.07 Å². The third-order valence-electron chi connectivity index (χ3n) is 3.99. The van der Waals surface area contributed by atoms with Gasteiger partial charge in [-0.15, -0.1) is 0 Å². The van der Waals surface area contributed by atoms with Crippen LogP contribution in [0.15, 0.2) is 29.3 Å². The van der Waals surface area contributed by atoms with Crippen molar-refractivity contribution in [1.82, 2.24) is 14.9 Å². The summed E-state index contributed by atoms with van der Waals surface area (Å²) in [6.45, 7) is 6.38. The van der Waals surface area contributed by atoms with Crippen LogP contribution < -0.4 is 10.9 Å². The lowest BCUT2D eigenvalue weighted by molar-refractivity contribution is -0.122. The lowest BCUT2D eigenvalue weighted by atomic mass is 10.1. The molecule has 0 aliphatic heterocycles. The van der Waals surface area contributed by atoms with Crippen molar-refractivity contribution < 1.29 is 4.79 Å².